The van der Waals surface area contributed by atoms with Crippen LogP contribution in [0.2, 0.25) is 5.02 Å². The Kier molecular flexibility index (Phi) is 4.35. The minimum absolute atomic E-state index is 0.781. The Morgan fingerprint density at radius 2 is 1.76 bits per heavy atom. The van der Waals surface area contributed by atoms with Gasteiger partial charge in [0, 0.05) is 25.3 Å². The highest BCUT2D eigenvalue weighted by molar-refractivity contribution is 6.33. The molecule has 0 radical (unpaired) electrons. The Morgan fingerprint density at radius 1 is 1.05 bits per heavy atom. The highest BCUT2D eigenvalue weighted by Crippen LogP contribution is 2.24. The molecule has 0 saturated carbocycles. The monoisotopic (exact) mass is 300 g/mol. The van der Waals surface area contributed by atoms with Gasteiger partial charge in [-0.15, -0.1) is 0 Å². The van der Waals surface area contributed by atoms with E-state index in [0.29, 0.717) is 0 Å². The van der Waals surface area contributed by atoms with E-state index < -0.39 is 0 Å². The predicted molar refractivity (Wildman–Crippen MR) is 91.4 cm³/mol. The largest absolute Gasteiger partial charge is 0.380 e. The third-order valence-corrected chi connectivity index (χ3v) is 4.33. The van der Waals surface area contributed by atoms with E-state index in [1.807, 2.05) is 19.1 Å². The highest BCUT2D eigenvalue weighted by atomic mass is 35.5. The van der Waals surface area contributed by atoms with Crippen molar-refractivity contribution in [2.45, 2.75) is 26.3 Å². The molecule has 0 aromatic heterocycles. The lowest BCUT2D eigenvalue weighted by atomic mass is 10.2. The molecule has 2 aromatic rings. The maximum absolute atomic E-state index is 6.24. The van der Waals surface area contributed by atoms with Gasteiger partial charge in [0.25, 0.3) is 0 Å². The summed E-state index contributed by atoms with van der Waals surface area (Å²) < 4.78 is 0. The molecule has 1 saturated heterocycles. The number of anilines is 2. The number of hydrogen-bond acceptors (Lipinski definition) is 2. The third-order valence-electron chi connectivity index (χ3n) is 4.02. The van der Waals surface area contributed by atoms with Crippen molar-refractivity contribution in [1.29, 1.82) is 0 Å². The number of nitrogens with one attached hydrogen (secondary N) is 1. The first kappa shape index (κ1) is 14.3. The first-order valence-corrected chi connectivity index (χ1v) is 7.94. The molecular formula is C18H21ClN2. The molecule has 1 aliphatic heterocycles. The minimum Gasteiger partial charge on any atom is -0.380 e. The summed E-state index contributed by atoms with van der Waals surface area (Å²) >= 11 is 6.24. The Morgan fingerprint density at radius 3 is 2.43 bits per heavy atom. The van der Waals surface area contributed by atoms with Crippen molar-refractivity contribution in [2.75, 3.05) is 23.3 Å². The summed E-state index contributed by atoms with van der Waals surface area (Å²) in [6.07, 6.45) is 2.63. The number of halogens is 1. The van der Waals surface area contributed by atoms with Crippen LogP contribution < -0.4 is 10.2 Å². The Bertz CT molecular complexity index is 601. The molecule has 0 aliphatic carbocycles. The van der Waals surface area contributed by atoms with Crippen LogP contribution in [0.3, 0.4) is 0 Å². The van der Waals surface area contributed by atoms with Gasteiger partial charge in [-0.25, -0.2) is 0 Å². The zero-order chi connectivity index (χ0) is 14.7. The van der Waals surface area contributed by atoms with Crippen LogP contribution in [0.4, 0.5) is 11.4 Å². The van der Waals surface area contributed by atoms with E-state index in [1.165, 1.54) is 42.7 Å². The maximum Gasteiger partial charge on any atom is 0.0640 e. The fourth-order valence-corrected chi connectivity index (χ4v) is 3.06. The molecule has 21 heavy (non-hydrogen) atoms. The lowest BCUT2D eigenvalue weighted by Gasteiger charge is -2.18. The molecule has 2 nitrogen and oxygen atoms in total. The molecule has 110 valence electrons. The molecule has 0 unspecified atom stereocenters. The molecule has 2 aromatic carbocycles. The Hall–Kier alpha value is -1.67. The van der Waals surface area contributed by atoms with Crippen LogP contribution in [0.25, 0.3) is 0 Å². The van der Waals surface area contributed by atoms with Crippen LogP contribution in [-0.4, -0.2) is 13.1 Å². The Balaban J connectivity index is 1.62. The molecule has 0 amide bonds. The topological polar surface area (TPSA) is 15.3 Å². The minimum atomic E-state index is 0.781. The van der Waals surface area contributed by atoms with E-state index in [0.717, 1.165) is 17.3 Å². The molecule has 1 heterocycles. The quantitative estimate of drug-likeness (QED) is 0.867. The normalized spacial score (nSPS) is 14.5. The number of rotatable bonds is 4. The van der Waals surface area contributed by atoms with E-state index in [2.05, 4.69) is 40.5 Å². The second-order valence-corrected chi connectivity index (χ2v) is 6.10. The van der Waals surface area contributed by atoms with Crippen LogP contribution in [0.15, 0.2) is 42.5 Å². The molecule has 3 rings (SSSR count). The molecule has 0 spiro atoms. The Labute approximate surface area is 131 Å². The summed E-state index contributed by atoms with van der Waals surface area (Å²) in [5.41, 5.74) is 4.78. The van der Waals surface area contributed by atoms with Gasteiger partial charge in [0.2, 0.25) is 0 Å². The SMILES string of the molecule is Cc1ccc(NCc2ccc(N3CCCC3)cc2)c(Cl)c1. The van der Waals surface area contributed by atoms with Crippen LogP contribution in [-0.2, 0) is 6.54 Å². The summed E-state index contributed by atoms with van der Waals surface area (Å²) in [4.78, 5) is 2.45. The molecule has 0 atom stereocenters. The standard InChI is InChI=1S/C18H21ClN2/c1-14-4-9-18(17(19)12-14)20-13-15-5-7-16(8-6-15)21-10-2-3-11-21/h4-9,12,20H,2-3,10-11,13H2,1H3. The van der Waals surface area contributed by atoms with Gasteiger partial charge in [-0.1, -0.05) is 29.8 Å². The van der Waals surface area contributed by atoms with Crippen LogP contribution >= 0.6 is 11.6 Å². The third kappa shape index (κ3) is 3.51. The van der Waals surface area contributed by atoms with Gasteiger partial charge in [0.05, 0.1) is 10.7 Å². The predicted octanol–water partition coefficient (Wildman–Crippen LogP) is 4.86. The van der Waals surface area contributed by atoms with Crippen molar-refractivity contribution < 1.29 is 0 Å². The summed E-state index contributed by atoms with van der Waals surface area (Å²) in [6, 6.07) is 14.9. The van der Waals surface area contributed by atoms with Crippen molar-refractivity contribution in [3.05, 3.63) is 58.6 Å². The zero-order valence-corrected chi connectivity index (χ0v) is 13.2. The van der Waals surface area contributed by atoms with Crippen LogP contribution in [0.1, 0.15) is 24.0 Å². The van der Waals surface area contributed by atoms with E-state index in [-0.39, 0.29) is 0 Å². The maximum atomic E-state index is 6.24. The van der Waals surface area contributed by atoms with Crippen LogP contribution in [0, 0.1) is 6.92 Å². The zero-order valence-electron chi connectivity index (χ0n) is 12.4. The number of benzene rings is 2. The van der Waals surface area contributed by atoms with E-state index >= 15 is 0 Å². The van der Waals surface area contributed by atoms with E-state index in [9.17, 15) is 0 Å². The molecule has 1 aliphatic rings. The van der Waals surface area contributed by atoms with Gasteiger partial charge in [-0.05, 0) is 55.2 Å². The summed E-state index contributed by atoms with van der Waals surface area (Å²) in [7, 11) is 0. The summed E-state index contributed by atoms with van der Waals surface area (Å²) in [6.45, 7) is 5.23. The van der Waals surface area contributed by atoms with Gasteiger partial charge < -0.3 is 10.2 Å². The lowest BCUT2D eigenvalue weighted by molar-refractivity contribution is 0.949. The van der Waals surface area contributed by atoms with Crippen molar-refractivity contribution in [3.8, 4) is 0 Å². The molecule has 0 bridgehead atoms. The average Bonchev–Trinajstić information content (AvgIpc) is 3.01. The molecule has 1 fully saturated rings. The number of aryl methyl sites for hydroxylation is 1. The van der Waals surface area contributed by atoms with Gasteiger partial charge >= 0.3 is 0 Å². The van der Waals surface area contributed by atoms with Crippen molar-refractivity contribution in [3.63, 3.8) is 0 Å². The fourth-order valence-electron chi connectivity index (χ4n) is 2.76. The average molecular weight is 301 g/mol. The van der Waals surface area contributed by atoms with Crippen molar-refractivity contribution in [2.24, 2.45) is 0 Å². The number of hydrogen-bond donors (Lipinski definition) is 1. The first-order valence-electron chi connectivity index (χ1n) is 7.56. The fraction of sp³-hybridized carbons (Fsp3) is 0.333. The second kappa shape index (κ2) is 6.40. The smallest absolute Gasteiger partial charge is 0.0640 e. The van der Waals surface area contributed by atoms with Crippen molar-refractivity contribution in [1.82, 2.24) is 0 Å². The van der Waals surface area contributed by atoms with Crippen LogP contribution in [0.5, 0.6) is 0 Å². The van der Waals surface area contributed by atoms with Gasteiger partial charge in [0.15, 0.2) is 0 Å². The highest BCUT2D eigenvalue weighted by Gasteiger charge is 2.11. The molecule has 3 heteroatoms. The lowest BCUT2D eigenvalue weighted by Crippen LogP contribution is -2.17. The van der Waals surface area contributed by atoms with Gasteiger partial charge in [0.1, 0.15) is 0 Å². The second-order valence-electron chi connectivity index (χ2n) is 5.70. The van der Waals surface area contributed by atoms with Crippen molar-refractivity contribution >= 4 is 23.0 Å². The summed E-state index contributed by atoms with van der Waals surface area (Å²) in [5.74, 6) is 0. The van der Waals surface area contributed by atoms with Gasteiger partial charge in [-0.3, -0.25) is 0 Å². The van der Waals surface area contributed by atoms with E-state index in [4.69, 9.17) is 11.6 Å². The number of nitrogens with zero attached hydrogens (tertiary/aromatic N) is 1. The molecular weight excluding hydrogens is 280 g/mol. The van der Waals surface area contributed by atoms with E-state index in [1.54, 1.807) is 0 Å². The first-order chi connectivity index (χ1) is 10.2. The van der Waals surface area contributed by atoms with Gasteiger partial charge in [-0.2, -0.15) is 0 Å². The molecule has 1 N–H and O–H groups in total. The summed E-state index contributed by atoms with van der Waals surface area (Å²) in [5, 5.41) is 4.18.